The summed E-state index contributed by atoms with van der Waals surface area (Å²) in [5.41, 5.74) is 3.00. The average molecular weight is 474 g/mol. The van der Waals surface area contributed by atoms with E-state index in [0.717, 1.165) is 16.9 Å². The van der Waals surface area contributed by atoms with E-state index in [-0.39, 0.29) is 23.5 Å². The van der Waals surface area contributed by atoms with Crippen LogP contribution in [0.25, 0.3) is 11.3 Å². The highest BCUT2D eigenvalue weighted by atomic mass is 32.1. The number of aryl methyl sites for hydroxylation is 1. The third kappa shape index (κ3) is 3.92. The molecule has 8 heteroatoms. The van der Waals surface area contributed by atoms with Gasteiger partial charge in [0.2, 0.25) is 0 Å². The first-order chi connectivity index (χ1) is 16.4. The topological polar surface area (TPSA) is 78.6 Å². The molecule has 1 aliphatic heterocycles. The number of rotatable bonds is 5. The maximum Gasteiger partial charge on any atom is 0.335 e. The minimum absolute atomic E-state index is 0.203. The van der Waals surface area contributed by atoms with E-state index in [1.54, 1.807) is 37.4 Å². The minimum Gasteiger partial charge on any atom is -0.478 e. The first kappa shape index (κ1) is 21.8. The highest BCUT2D eigenvalue weighted by Gasteiger charge is 2.42. The number of nitrogens with zero attached hydrogens (tertiary/aromatic N) is 2. The largest absolute Gasteiger partial charge is 0.478 e. The number of anilines is 1. The van der Waals surface area contributed by atoms with Crippen molar-refractivity contribution in [1.82, 2.24) is 10.3 Å². The number of carbonyl (C=O) groups is 1. The number of carboxylic acid groups (broad SMARTS) is 1. The summed E-state index contributed by atoms with van der Waals surface area (Å²) in [4.78, 5) is 17.6. The molecule has 1 aliphatic rings. The highest BCUT2D eigenvalue weighted by Crippen LogP contribution is 2.43. The zero-order valence-corrected chi connectivity index (χ0v) is 18.9. The van der Waals surface area contributed by atoms with Crippen LogP contribution in [0, 0.1) is 12.7 Å². The second-order valence-corrected chi connectivity index (χ2v) is 8.40. The lowest BCUT2D eigenvalue weighted by Crippen LogP contribution is -2.29. The number of carboxylic acids is 1. The Hall–Kier alpha value is -4.04. The Labute approximate surface area is 200 Å². The van der Waals surface area contributed by atoms with Crippen molar-refractivity contribution in [2.45, 2.75) is 19.0 Å². The Morgan fingerprint density at radius 2 is 1.91 bits per heavy atom. The Bertz CT molecular complexity index is 1370. The molecule has 2 atom stereocenters. The van der Waals surface area contributed by atoms with Crippen molar-refractivity contribution < 1.29 is 18.7 Å². The van der Waals surface area contributed by atoms with Crippen LogP contribution in [0.5, 0.6) is 0 Å². The number of aromatic carboxylic acids is 1. The van der Waals surface area contributed by atoms with Gasteiger partial charge >= 0.3 is 5.97 Å². The van der Waals surface area contributed by atoms with Crippen molar-refractivity contribution in [3.05, 3.63) is 107 Å². The van der Waals surface area contributed by atoms with E-state index in [1.807, 2.05) is 35.2 Å². The number of benzene rings is 2. The Morgan fingerprint density at radius 1 is 1.12 bits per heavy atom. The number of nitrogens with one attached hydrogen (secondary N) is 1. The molecule has 34 heavy (non-hydrogen) atoms. The average Bonchev–Trinajstić information content (AvgIpc) is 3.46. The first-order valence-corrected chi connectivity index (χ1v) is 11.0. The summed E-state index contributed by atoms with van der Waals surface area (Å²) in [6, 6.07) is 20.1. The van der Waals surface area contributed by atoms with E-state index in [2.05, 4.69) is 10.3 Å². The van der Waals surface area contributed by atoms with E-state index in [1.165, 1.54) is 18.2 Å². The number of halogens is 1. The van der Waals surface area contributed by atoms with Gasteiger partial charge in [0.1, 0.15) is 23.4 Å². The molecule has 3 heterocycles. The number of hydrogen-bond donors (Lipinski definition) is 2. The lowest BCUT2D eigenvalue weighted by atomic mass is 10.0. The monoisotopic (exact) mass is 473 g/mol. The molecule has 2 aromatic carbocycles. The fraction of sp³-hybridized carbons (Fsp3) is 0.115. The van der Waals surface area contributed by atoms with Gasteiger partial charge in [0, 0.05) is 17.4 Å². The SMILES string of the molecule is Cc1cc(N2C(=S)N[C@H](c3ccccn3)[C@H]2c2ccc(-c3ccc(C(=O)O)cc3)o2)ccc1F. The number of aromatic nitrogens is 1. The summed E-state index contributed by atoms with van der Waals surface area (Å²) in [6.07, 6.45) is 1.72. The summed E-state index contributed by atoms with van der Waals surface area (Å²) >= 11 is 5.69. The van der Waals surface area contributed by atoms with Gasteiger partial charge in [-0.05, 0) is 79.3 Å². The van der Waals surface area contributed by atoms with E-state index < -0.39 is 5.97 Å². The smallest absolute Gasteiger partial charge is 0.335 e. The fourth-order valence-corrected chi connectivity index (χ4v) is 4.49. The van der Waals surface area contributed by atoms with Gasteiger partial charge in [-0.3, -0.25) is 4.98 Å². The lowest BCUT2D eigenvalue weighted by Gasteiger charge is -2.26. The van der Waals surface area contributed by atoms with Crippen LogP contribution in [0.15, 0.2) is 83.4 Å². The van der Waals surface area contributed by atoms with E-state index in [0.29, 0.717) is 22.2 Å². The van der Waals surface area contributed by atoms with Crippen molar-refractivity contribution in [1.29, 1.82) is 0 Å². The molecule has 6 nitrogen and oxygen atoms in total. The minimum atomic E-state index is -0.985. The highest BCUT2D eigenvalue weighted by molar-refractivity contribution is 7.80. The predicted octanol–water partition coefficient (Wildman–Crippen LogP) is 5.66. The molecule has 0 unspecified atom stereocenters. The molecule has 2 aromatic heterocycles. The van der Waals surface area contributed by atoms with Crippen LogP contribution in [0.1, 0.15) is 39.5 Å². The van der Waals surface area contributed by atoms with Gasteiger partial charge in [-0.1, -0.05) is 18.2 Å². The normalized spacial score (nSPS) is 17.6. The zero-order valence-electron chi connectivity index (χ0n) is 18.1. The summed E-state index contributed by atoms with van der Waals surface area (Å²) in [5.74, 6) is -0.0348. The van der Waals surface area contributed by atoms with Crippen molar-refractivity contribution in [2.75, 3.05) is 4.90 Å². The van der Waals surface area contributed by atoms with Crippen LogP contribution >= 0.6 is 12.2 Å². The van der Waals surface area contributed by atoms with Crippen molar-refractivity contribution in [2.24, 2.45) is 0 Å². The third-order valence-corrected chi connectivity index (χ3v) is 6.17. The predicted molar refractivity (Wildman–Crippen MR) is 130 cm³/mol. The second-order valence-electron chi connectivity index (χ2n) is 8.01. The van der Waals surface area contributed by atoms with E-state index in [9.17, 15) is 9.18 Å². The van der Waals surface area contributed by atoms with E-state index in [4.69, 9.17) is 21.7 Å². The van der Waals surface area contributed by atoms with Crippen LogP contribution in [-0.4, -0.2) is 21.2 Å². The molecule has 1 saturated heterocycles. The van der Waals surface area contributed by atoms with Gasteiger partial charge in [0.15, 0.2) is 5.11 Å². The van der Waals surface area contributed by atoms with Crippen LogP contribution in [-0.2, 0) is 0 Å². The molecule has 0 aliphatic carbocycles. The Morgan fingerprint density at radius 3 is 2.59 bits per heavy atom. The molecule has 0 amide bonds. The van der Waals surface area contributed by atoms with Crippen LogP contribution in [0.3, 0.4) is 0 Å². The number of pyridine rings is 1. The van der Waals surface area contributed by atoms with Gasteiger partial charge in [-0.2, -0.15) is 0 Å². The molecule has 5 rings (SSSR count). The summed E-state index contributed by atoms with van der Waals surface area (Å²) in [5, 5.41) is 13.0. The van der Waals surface area contributed by atoms with Gasteiger partial charge in [0.25, 0.3) is 0 Å². The maximum atomic E-state index is 14.0. The quantitative estimate of drug-likeness (QED) is 0.362. The molecule has 0 saturated carbocycles. The Balaban J connectivity index is 1.57. The zero-order chi connectivity index (χ0) is 23.8. The summed E-state index contributed by atoms with van der Waals surface area (Å²) < 4.78 is 20.3. The molecule has 0 radical (unpaired) electrons. The van der Waals surface area contributed by atoms with Gasteiger partial charge in [-0.15, -0.1) is 0 Å². The third-order valence-electron chi connectivity index (χ3n) is 5.85. The van der Waals surface area contributed by atoms with Crippen molar-refractivity contribution in [3.63, 3.8) is 0 Å². The lowest BCUT2D eigenvalue weighted by molar-refractivity contribution is 0.0697. The standard InChI is InChI=1S/C26H20FN3O3S/c1-15-14-18(9-10-19(15)27)30-24(23(29-26(30)34)20-4-2-3-13-28-20)22-12-11-21(33-22)16-5-7-17(8-6-16)25(31)32/h2-14,23-24H,1H3,(H,29,34)(H,31,32)/t23-,24-/m1/s1. The number of furan rings is 1. The van der Waals surface area contributed by atoms with E-state index >= 15 is 0 Å². The molecule has 1 fully saturated rings. The summed E-state index contributed by atoms with van der Waals surface area (Å²) in [7, 11) is 0. The molecule has 2 N–H and O–H groups in total. The Kier molecular flexibility index (Phi) is 5.59. The number of hydrogen-bond acceptors (Lipinski definition) is 4. The first-order valence-electron chi connectivity index (χ1n) is 10.6. The molecular formula is C26H20FN3O3S. The molecule has 170 valence electrons. The molecule has 0 bridgehead atoms. The second kappa shape index (κ2) is 8.72. The maximum absolute atomic E-state index is 14.0. The number of thiocarbonyl (C=S) groups is 1. The fourth-order valence-electron chi connectivity index (χ4n) is 4.14. The van der Waals surface area contributed by atoms with Gasteiger partial charge in [0.05, 0.1) is 17.3 Å². The summed E-state index contributed by atoms with van der Waals surface area (Å²) in [6.45, 7) is 1.71. The van der Waals surface area contributed by atoms with Crippen molar-refractivity contribution in [3.8, 4) is 11.3 Å². The molecule has 0 spiro atoms. The van der Waals surface area contributed by atoms with Crippen molar-refractivity contribution >= 4 is 29.0 Å². The molecular weight excluding hydrogens is 453 g/mol. The van der Waals surface area contributed by atoms with Crippen LogP contribution in [0.4, 0.5) is 10.1 Å². The van der Waals surface area contributed by atoms with Gasteiger partial charge in [-0.25, -0.2) is 9.18 Å². The van der Waals surface area contributed by atoms with Crippen LogP contribution in [0.2, 0.25) is 0 Å². The van der Waals surface area contributed by atoms with Gasteiger partial charge < -0.3 is 19.7 Å². The van der Waals surface area contributed by atoms with Crippen LogP contribution < -0.4 is 10.2 Å². The molecule has 4 aromatic rings.